The van der Waals surface area contributed by atoms with Crippen LogP contribution < -0.4 is 11.0 Å². The van der Waals surface area contributed by atoms with Crippen molar-refractivity contribution in [3.63, 3.8) is 0 Å². The van der Waals surface area contributed by atoms with Crippen molar-refractivity contribution in [3.05, 3.63) is 79.9 Å². The van der Waals surface area contributed by atoms with E-state index in [1.165, 1.54) is 24.5 Å². The van der Waals surface area contributed by atoms with Gasteiger partial charge in [0.05, 0.1) is 11.9 Å². The molecule has 1 amide bonds. The molecule has 3 aromatic rings. The summed E-state index contributed by atoms with van der Waals surface area (Å²) in [4.78, 5) is 25.8. The van der Waals surface area contributed by atoms with Gasteiger partial charge in [0.15, 0.2) is 5.69 Å². The molecule has 0 atom stereocenters. The molecular weight excluding hydrogens is 350 g/mol. The van der Waals surface area contributed by atoms with Crippen LogP contribution in [0.25, 0.3) is 5.69 Å². The van der Waals surface area contributed by atoms with E-state index in [0.717, 1.165) is 9.56 Å². The van der Waals surface area contributed by atoms with Crippen LogP contribution in [0, 0.1) is 18.3 Å². The van der Waals surface area contributed by atoms with Gasteiger partial charge in [-0.2, -0.15) is 20.1 Å². The van der Waals surface area contributed by atoms with E-state index < -0.39 is 11.5 Å². The number of nitriles is 1. The zero-order chi connectivity index (χ0) is 18.5. The third kappa shape index (κ3) is 3.43. The van der Waals surface area contributed by atoms with Gasteiger partial charge in [-0.25, -0.2) is 5.43 Å². The monoisotopic (exact) mass is 363 g/mol. The number of nitrogens with zero attached hydrogens (tertiary/aromatic N) is 4. The number of carbonyl (C=O) groups is 1. The molecule has 0 aliphatic heterocycles. The Morgan fingerprint density at radius 3 is 2.73 bits per heavy atom. The Morgan fingerprint density at radius 1 is 1.31 bits per heavy atom. The number of rotatable bonds is 4. The van der Waals surface area contributed by atoms with E-state index in [1.807, 2.05) is 23.6 Å². The Bertz CT molecular complexity index is 1060. The predicted molar refractivity (Wildman–Crippen MR) is 98.7 cm³/mol. The summed E-state index contributed by atoms with van der Waals surface area (Å²) in [5.41, 5.74) is 2.32. The molecular formula is C18H13N5O2S. The first-order valence-corrected chi connectivity index (χ1v) is 8.46. The van der Waals surface area contributed by atoms with Crippen LogP contribution in [0.5, 0.6) is 0 Å². The Labute approximate surface area is 152 Å². The van der Waals surface area contributed by atoms with Gasteiger partial charge in [0, 0.05) is 10.4 Å². The second-order valence-corrected chi connectivity index (χ2v) is 6.21. The number of benzene rings is 1. The van der Waals surface area contributed by atoms with Gasteiger partial charge < -0.3 is 0 Å². The summed E-state index contributed by atoms with van der Waals surface area (Å²) in [6.07, 6.45) is 1.51. The van der Waals surface area contributed by atoms with Crippen LogP contribution in [-0.4, -0.2) is 21.9 Å². The van der Waals surface area contributed by atoms with Crippen molar-refractivity contribution >= 4 is 23.5 Å². The fourth-order valence-corrected chi connectivity index (χ4v) is 2.85. The molecule has 1 N–H and O–H groups in total. The fraction of sp³-hybridized carbons (Fsp3) is 0.0556. The molecule has 7 nitrogen and oxygen atoms in total. The highest BCUT2D eigenvalue weighted by atomic mass is 32.1. The summed E-state index contributed by atoms with van der Waals surface area (Å²) >= 11 is 1.48. The first-order valence-electron chi connectivity index (χ1n) is 7.58. The summed E-state index contributed by atoms with van der Waals surface area (Å²) in [6, 6.07) is 14.2. The second kappa shape index (κ2) is 7.55. The highest BCUT2D eigenvalue weighted by molar-refractivity contribution is 7.11. The van der Waals surface area contributed by atoms with Gasteiger partial charge in [0.1, 0.15) is 11.6 Å². The van der Waals surface area contributed by atoms with Crippen molar-refractivity contribution in [3.8, 4) is 11.8 Å². The third-order valence-corrected chi connectivity index (χ3v) is 4.37. The number of amides is 1. The SMILES string of the molecule is Cc1c(C(=O)N/N=C\c2cccs2)nn(-c2ccccc2)c(=O)c1C#N. The maximum Gasteiger partial charge on any atom is 0.292 e. The lowest BCUT2D eigenvalue weighted by molar-refractivity contribution is 0.0947. The maximum atomic E-state index is 12.5. The number of para-hydroxylation sites is 1. The van der Waals surface area contributed by atoms with Gasteiger partial charge >= 0.3 is 0 Å². The number of aromatic nitrogens is 2. The summed E-state index contributed by atoms with van der Waals surface area (Å²) in [6.45, 7) is 1.51. The number of nitrogens with one attached hydrogen (secondary N) is 1. The van der Waals surface area contributed by atoms with E-state index >= 15 is 0 Å². The van der Waals surface area contributed by atoms with Gasteiger partial charge in [-0.1, -0.05) is 24.3 Å². The van der Waals surface area contributed by atoms with E-state index in [4.69, 9.17) is 0 Å². The van der Waals surface area contributed by atoms with Crippen molar-refractivity contribution in [2.45, 2.75) is 6.92 Å². The fourth-order valence-electron chi connectivity index (χ4n) is 2.27. The molecule has 0 bridgehead atoms. The largest absolute Gasteiger partial charge is 0.292 e. The van der Waals surface area contributed by atoms with Crippen LogP contribution in [0.15, 0.2) is 57.7 Å². The minimum absolute atomic E-state index is 0.0340. The van der Waals surface area contributed by atoms with E-state index in [-0.39, 0.29) is 16.8 Å². The average molecular weight is 363 g/mol. The molecule has 128 valence electrons. The summed E-state index contributed by atoms with van der Waals surface area (Å²) < 4.78 is 1.05. The van der Waals surface area contributed by atoms with Crippen LogP contribution >= 0.6 is 11.3 Å². The molecule has 0 aliphatic rings. The number of hydrazone groups is 1. The molecule has 0 saturated heterocycles. The van der Waals surface area contributed by atoms with E-state index in [0.29, 0.717) is 5.69 Å². The van der Waals surface area contributed by atoms with Crippen LogP contribution in [-0.2, 0) is 0 Å². The zero-order valence-corrected chi connectivity index (χ0v) is 14.5. The second-order valence-electron chi connectivity index (χ2n) is 5.23. The number of carbonyl (C=O) groups excluding carboxylic acids is 1. The van der Waals surface area contributed by atoms with Crippen molar-refractivity contribution in [1.29, 1.82) is 5.26 Å². The van der Waals surface area contributed by atoms with Crippen molar-refractivity contribution < 1.29 is 4.79 Å². The van der Waals surface area contributed by atoms with E-state index in [2.05, 4.69) is 15.6 Å². The van der Waals surface area contributed by atoms with Crippen molar-refractivity contribution in [1.82, 2.24) is 15.2 Å². The smallest absolute Gasteiger partial charge is 0.266 e. The summed E-state index contributed by atoms with van der Waals surface area (Å²) in [5.74, 6) is -0.600. The van der Waals surface area contributed by atoms with Crippen LogP contribution in [0.3, 0.4) is 0 Å². The lowest BCUT2D eigenvalue weighted by Gasteiger charge is -2.10. The maximum absolute atomic E-state index is 12.5. The lowest BCUT2D eigenvalue weighted by Crippen LogP contribution is -2.31. The minimum atomic E-state index is -0.600. The first-order chi connectivity index (χ1) is 12.6. The van der Waals surface area contributed by atoms with E-state index in [1.54, 1.807) is 30.3 Å². The number of thiophene rings is 1. The zero-order valence-electron chi connectivity index (χ0n) is 13.7. The molecule has 8 heteroatoms. The number of hydrogen-bond donors (Lipinski definition) is 1. The first kappa shape index (κ1) is 17.3. The molecule has 2 heterocycles. The Morgan fingerprint density at radius 2 is 2.08 bits per heavy atom. The van der Waals surface area contributed by atoms with Gasteiger partial charge in [-0.05, 0) is 30.5 Å². The Kier molecular flexibility index (Phi) is 5.01. The topological polar surface area (TPSA) is 100 Å². The molecule has 0 fully saturated rings. The molecule has 2 aromatic heterocycles. The summed E-state index contributed by atoms with van der Waals surface area (Å²) in [7, 11) is 0. The predicted octanol–water partition coefficient (Wildman–Crippen LogP) is 2.24. The normalized spacial score (nSPS) is 10.6. The lowest BCUT2D eigenvalue weighted by atomic mass is 10.1. The molecule has 0 unspecified atom stereocenters. The molecule has 0 radical (unpaired) electrons. The molecule has 1 aromatic carbocycles. The van der Waals surface area contributed by atoms with Gasteiger partial charge in [0.25, 0.3) is 11.5 Å². The Balaban J connectivity index is 2.00. The average Bonchev–Trinajstić information content (AvgIpc) is 3.16. The molecule has 26 heavy (non-hydrogen) atoms. The highest BCUT2D eigenvalue weighted by Gasteiger charge is 2.19. The summed E-state index contributed by atoms with van der Waals surface area (Å²) in [5, 5.41) is 19.2. The van der Waals surface area contributed by atoms with Crippen LogP contribution in [0.2, 0.25) is 0 Å². The van der Waals surface area contributed by atoms with Crippen LogP contribution in [0.4, 0.5) is 0 Å². The molecule has 3 rings (SSSR count). The Hall–Kier alpha value is -3.57. The number of hydrogen-bond acceptors (Lipinski definition) is 6. The quantitative estimate of drug-likeness (QED) is 0.567. The highest BCUT2D eigenvalue weighted by Crippen LogP contribution is 2.10. The van der Waals surface area contributed by atoms with Crippen molar-refractivity contribution in [2.24, 2.45) is 5.10 Å². The van der Waals surface area contributed by atoms with E-state index in [9.17, 15) is 14.9 Å². The standard InChI is InChI=1S/C18H13N5O2S/c1-12-15(10-19)18(25)23(13-6-3-2-4-7-13)22-16(12)17(24)21-20-11-14-8-5-9-26-14/h2-9,11H,1H3,(H,21,24)/b20-11-. The van der Waals surface area contributed by atoms with Crippen LogP contribution in [0.1, 0.15) is 26.5 Å². The van der Waals surface area contributed by atoms with Crippen molar-refractivity contribution in [2.75, 3.05) is 0 Å². The minimum Gasteiger partial charge on any atom is -0.266 e. The molecule has 0 aliphatic carbocycles. The van der Waals surface area contributed by atoms with Gasteiger partial charge in [0.2, 0.25) is 0 Å². The molecule has 0 spiro atoms. The van der Waals surface area contributed by atoms with Gasteiger partial charge in [-0.15, -0.1) is 11.3 Å². The third-order valence-electron chi connectivity index (χ3n) is 3.57. The molecule has 0 saturated carbocycles. The van der Waals surface area contributed by atoms with Gasteiger partial charge in [-0.3, -0.25) is 9.59 Å².